The number of rotatable bonds is 5. The van der Waals surface area contributed by atoms with Crippen molar-refractivity contribution >= 4 is 11.2 Å². The molecule has 152 valence electrons. The van der Waals surface area contributed by atoms with Crippen molar-refractivity contribution in [1.29, 1.82) is 0 Å². The first-order valence-corrected chi connectivity index (χ1v) is 10.5. The Morgan fingerprint density at radius 3 is 2.64 bits per heavy atom. The van der Waals surface area contributed by atoms with Crippen molar-refractivity contribution in [2.75, 3.05) is 0 Å². The molecule has 2 aromatic rings. The summed E-state index contributed by atoms with van der Waals surface area (Å²) in [6.45, 7) is 3.96. The van der Waals surface area contributed by atoms with Crippen LogP contribution in [0, 0.1) is 23.7 Å². The molecular formula is C20H28N4O4. The van der Waals surface area contributed by atoms with Gasteiger partial charge in [0.2, 0.25) is 0 Å². The Balaban J connectivity index is 1.67. The quantitative estimate of drug-likeness (QED) is 0.701. The molecule has 4 aliphatic rings. The number of hydrogen-bond acceptors (Lipinski definition) is 5. The topological polar surface area (TPSA) is 113 Å². The molecule has 0 amide bonds. The second kappa shape index (κ2) is 6.29. The lowest BCUT2D eigenvalue weighted by Gasteiger charge is -2.36. The van der Waals surface area contributed by atoms with E-state index in [2.05, 4.69) is 4.98 Å². The van der Waals surface area contributed by atoms with E-state index in [1.54, 1.807) is 11.5 Å². The van der Waals surface area contributed by atoms with Gasteiger partial charge in [0.05, 0.1) is 18.8 Å². The molecule has 28 heavy (non-hydrogen) atoms. The molecule has 7 atom stereocenters. The van der Waals surface area contributed by atoms with Crippen molar-refractivity contribution in [2.45, 2.75) is 70.7 Å². The fourth-order valence-electron chi connectivity index (χ4n) is 6.31. The molecule has 4 saturated carbocycles. The van der Waals surface area contributed by atoms with Crippen molar-refractivity contribution in [2.24, 2.45) is 23.7 Å². The van der Waals surface area contributed by atoms with Crippen LogP contribution in [0.3, 0.4) is 0 Å². The van der Waals surface area contributed by atoms with Gasteiger partial charge in [-0.15, -0.1) is 0 Å². The average molecular weight is 388 g/mol. The summed E-state index contributed by atoms with van der Waals surface area (Å²) in [5.41, 5.74) is -0.122. The lowest BCUT2D eigenvalue weighted by molar-refractivity contribution is 0.00857. The number of aliphatic hydroxyl groups is 2. The van der Waals surface area contributed by atoms with Crippen LogP contribution >= 0.6 is 0 Å². The molecule has 0 radical (unpaired) electrons. The van der Waals surface area contributed by atoms with E-state index >= 15 is 0 Å². The molecule has 0 aromatic carbocycles. The van der Waals surface area contributed by atoms with Gasteiger partial charge in [-0.3, -0.25) is 13.9 Å². The molecule has 7 unspecified atom stereocenters. The maximum absolute atomic E-state index is 13.0. The van der Waals surface area contributed by atoms with Crippen LogP contribution in [0.15, 0.2) is 9.59 Å². The molecular weight excluding hydrogens is 360 g/mol. The lowest BCUT2D eigenvalue weighted by atomic mass is 9.73. The molecule has 3 N–H and O–H groups in total. The van der Waals surface area contributed by atoms with Crippen LogP contribution in [0.5, 0.6) is 0 Å². The first kappa shape index (κ1) is 18.1. The molecule has 0 spiro atoms. The summed E-state index contributed by atoms with van der Waals surface area (Å²) in [4.78, 5) is 33.8. The number of nitrogens with zero attached hydrogens (tertiary/aromatic N) is 3. The third-order valence-electron chi connectivity index (χ3n) is 7.29. The van der Waals surface area contributed by atoms with Crippen molar-refractivity contribution < 1.29 is 10.2 Å². The van der Waals surface area contributed by atoms with Gasteiger partial charge in [0, 0.05) is 12.5 Å². The maximum Gasteiger partial charge on any atom is 0.332 e. The summed E-state index contributed by atoms with van der Waals surface area (Å²) in [5, 5.41) is 20.4. The number of hydrogen-bond donors (Lipinski definition) is 3. The van der Waals surface area contributed by atoms with Gasteiger partial charge in [-0.1, -0.05) is 6.92 Å². The van der Waals surface area contributed by atoms with Crippen molar-refractivity contribution in [1.82, 2.24) is 19.1 Å². The van der Waals surface area contributed by atoms with Crippen molar-refractivity contribution in [3.05, 3.63) is 26.7 Å². The van der Waals surface area contributed by atoms with E-state index in [0.29, 0.717) is 35.5 Å². The van der Waals surface area contributed by atoms with E-state index in [1.165, 1.54) is 0 Å². The van der Waals surface area contributed by atoms with Crippen LogP contribution in [-0.4, -0.2) is 41.5 Å². The first-order valence-electron chi connectivity index (χ1n) is 10.5. The molecule has 2 heterocycles. The summed E-state index contributed by atoms with van der Waals surface area (Å²) >= 11 is 0. The molecule has 8 nitrogen and oxygen atoms in total. The van der Waals surface area contributed by atoms with Gasteiger partial charge in [0.1, 0.15) is 11.3 Å². The molecule has 4 fully saturated rings. The van der Waals surface area contributed by atoms with E-state index in [4.69, 9.17) is 4.98 Å². The number of aromatic nitrogens is 4. The zero-order valence-corrected chi connectivity index (χ0v) is 16.3. The number of aliphatic hydroxyl groups excluding tert-OH is 2. The zero-order chi connectivity index (χ0) is 19.7. The predicted molar refractivity (Wildman–Crippen MR) is 103 cm³/mol. The highest BCUT2D eigenvalue weighted by Crippen LogP contribution is 2.63. The number of imidazole rings is 1. The Kier molecular flexibility index (Phi) is 4.07. The minimum atomic E-state index is -0.795. The van der Waals surface area contributed by atoms with Crippen LogP contribution in [0.2, 0.25) is 0 Å². The van der Waals surface area contributed by atoms with Crippen LogP contribution in [0.1, 0.15) is 51.3 Å². The third kappa shape index (κ3) is 2.40. The number of fused-ring (bicyclic) bond motifs is 1. The van der Waals surface area contributed by atoms with Crippen LogP contribution in [0.4, 0.5) is 0 Å². The van der Waals surface area contributed by atoms with Gasteiger partial charge in [-0.2, -0.15) is 0 Å². The second-order valence-electron chi connectivity index (χ2n) is 9.09. The highest BCUT2D eigenvalue weighted by atomic mass is 16.3. The van der Waals surface area contributed by atoms with Crippen LogP contribution < -0.4 is 11.2 Å². The monoisotopic (exact) mass is 388 g/mol. The molecule has 8 heteroatoms. The van der Waals surface area contributed by atoms with Gasteiger partial charge in [0.15, 0.2) is 5.65 Å². The summed E-state index contributed by atoms with van der Waals surface area (Å²) in [6, 6.07) is 0. The van der Waals surface area contributed by atoms with E-state index < -0.39 is 17.4 Å². The summed E-state index contributed by atoms with van der Waals surface area (Å²) < 4.78 is 2.64. The Morgan fingerprint density at radius 1 is 1.18 bits per heavy atom. The number of H-pyrrole nitrogens is 1. The van der Waals surface area contributed by atoms with E-state index in [-0.39, 0.29) is 24.5 Å². The zero-order valence-electron chi connectivity index (χ0n) is 16.3. The average Bonchev–Trinajstić information content (AvgIpc) is 3.29. The molecule has 0 aliphatic heterocycles. The SMILES string of the molecule is CCCn1c(=O)n(CC(C)O)c(=O)c2[nH]c(C3C4CC5CC4CC3C5O)nc21. The summed E-state index contributed by atoms with van der Waals surface area (Å²) in [7, 11) is 0. The summed E-state index contributed by atoms with van der Waals surface area (Å²) in [5.74, 6) is 2.61. The van der Waals surface area contributed by atoms with E-state index in [9.17, 15) is 19.8 Å². The Bertz CT molecular complexity index is 1040. The fraction of sp³-hybridized carbons (Fsp3) is 0.750. The predicted octanol–water partition coefficient (Wildman–Crippen LogP) is 0.797. The van der Waals surface area contributed by atoms with E-state index in [1.807, 2.05) is 6.92 Å². The highest BCUT2D eigenvalue weighted by Gasteiger charge is 2.59. The molecule has 6 rings (SSSR count). The largest absolute Gasteiger partial charge is 0.393 e. The van der Waals surface area contributed by atoms with Crippen molar-refractivity contribution in [3.63, 3.8) is 0 Å². The van der Waals surface area contributed by atoms with Gasteiger partial charge in [-0.25, -0.2) is 9.78 Å². The Labute approximate surface area is 162 Å². The fourth-order valence-corrected chi connectivity index (χ4v) is 6.31. The maximum atomic E-state index is 13.0. The normalized spacial score (nSPS) is 34.6. The standard InChI is InChI=1S/C20H28N4O4/c1-3-4-23-18-15(19(27)24(20(23)28)8-9(2)25)21-17(22-18)14-12-7-11-5-10(12)6-13(14)16(11)26/h9-14,16,25-26H,3-8H2,1-2H3,(H,21,22). The highest BCUT2D eigenvalue weighted by molar-refractivity contribution is 5.70. The number of nitrogens with one attached hydrogen (secondary N) is 1. The molecule has 4 bridgehead atoms. The van der Waals surface area contributed by atoms with Gasteiger partial charge in [0.25, 0.3) is 5.56 Å². The smallest absolute Gasteiger partial charge is 0.332 e. The second-order valence-corrected chi connectivity index (χ2v) is 9.09. The van der Waals surface area contributed by atoms with Gasteiger partial charge >= 0.3 is 5.69 Å². The van der Waals surface area contributed by atoms with Crippen LogP contribution in [-0.2, 0) is 13.1 Å². The van der Waals surface area contributed by atoms with Crippen molar-refractivity contribution in [3.8, 4) is 0 Å². The first-order chi connectivity index (χ1) is 13.4. The van der Waals surface area contributed by atoms with Crippen LogP contribution in [0.25, 0.3) is 11.2 Å². The molecule has 4 aliphatic carbocycles. The molecule has 2 aromatic heterocycles. The number of aryl methyl sites for hydroxylation is 1. The Hall–Kier alpha value is -1.93. The minimum Gasteiger partial charge on any atom is -0.393 e. The van der Waals surface area contributed by atoms with Gasteiger partial charge in [-0.05, 0) is 56.3 Å². The molecule has 0 saturated heterocycles. The lowest BCUT2D eigenvalue weighted by Crippen LogP contribution is -2.42. The van der Waals surface area contributed by atoms with E-state index in [0.717, 1.165) is 36.1 Å². The third-order valence-corrected chi connectivity index (χ3v) is 7.29. The summed E-state index contributed by atoms with van der Waals surface area (Å²) in [6.07, 6.45) is 2.80. The number of aromatic amines is 1. The van der Waals surface area contributed by atoms with Gasteiger partial charge < -0.3 is 15.2 Å². The Morgan fingerprint density at radius 2 is 1.93 bits per heavy atom. The minimum absolute atomic E-state index is 0.0389.